The second-order valence-corrected chi connectivity index (χ2v) is 4.85. The van der Waals surface area contributed by atoms with Crippen LogP contribution in [0.15, 0.2) is 41.5 Å². The Morgan fingerprint density at radius 3 is 2.79 bits per heavy atom. The SMILES string of the molecule is Cc1cccc(C2=Nc3nccc(C)c3C(=O)C2)c1. The van der Waals surface area contributed by atoms with Crippen molar-refractivity contribution < 1.29 is 4.79 Å². The average Bonchev–Trinajstić information content (AvgIpc) is 2.38. The normalized spacial score (nSPS) is 14.0. The number of Topliss-reactive ketones (excluding diaryl/α,β-unsaturated/α-hetero) is 1. The van der Waals surface area contributed by atoms with Crippen LogP contribution in [0.4, 0.5) is 5.82 Å². The second kappa shape index (κ2) is 4.43. The van der Waals surface area contributed by atoms with Crippen LogP contribution in [-0.4, -0.2) is 16.5 Å². The molecule has 1 aliphatic heterocycles. The highest BCUT2D eigenvalue weighted by atomic mass is 16.1. The van der Waals surface area contributed by atoms with Crippen molar-refractivity contribution in [2.45, 2.75) is 20.3 Å². The summed E-state index contributed by atoms with van der Waals surface area (Å²) in [5.41, 5.74) is 4.58. The number of nitrogens with zero attached hydrogens (tertiary/aromatic N) is 2. The maximum atomic E-state index is 12.3. The average molecular weight is 250 g/mol. The summed E-state index contributed by atoms with van der Waals surface area (Å²) in [6.45, 7) is 3.96. The molecule has 1 aliphatic rings. The van der Waals surface area contributed by atoms with Crippen LogP contribution >= 0.6 is 0 Å². The van der Waals surface area contributed by atoms with Gasteiger partial charge in [-0.25, -0.2) is 9.98 Å². The van der Waals surface area contributed by atoms with Gasteiger partial charge in [-0.1, -0.05) is 29.8 Å². The topological polar surface area (TPSA) is 42.3 Å². The second-order valence-electron chi connectivity index (χ2n) is 4.85. The Bertz CT molecular complexity index is 702. The monoisotopic (exact) mass is 250 g/mol. The van der Waals surface area contributed by atoms with E-state index in [1.807, 2.05) is 44.2 Å². The van der Waals surface area contributed by atoms with E-state index in [0.717, 1.165) is 22.4 Å². The Morgan fingerprint density at radius 2 is 2.00 bits per heavy atom. The molecule has 0 radical (unpaired) electrons. The minimum Gasteiger partial charge on any atom is -0.294 e. The van der Waals surface area contributed by atoms with Gasteiger partial charge < -0.3 is 0 Å². The maximum absolute atomic E-state index is 12.3. The highest BCUT2D eigenvalue weighted by Crippen LogP contribution is 2.28. The lowest BCUT2D eigenvalue weighted by Gasteiger charge is -2.15. The number of aliphatic imine (C=N–C) groups is 1. The molecule has 2 heterocycles. The van der Waals surface area contributed by atoms with Crippen molar-refractivity contribution in [1.82, 2.24) is 4.98 Å². The first kappa shape index (κ1) is 11.8. The summed E-state index contributed by atoms with van der Waals surface area (Å²) < 4.78 is 0. The predicted octanol–water partition coefficient (Wildman–Crippen LogP) is 3.41. The minimum atomic E-state index is 0.104. The van der Waals surface area contributed by atoms with Gasteiger partial charge in [-0.2, -0.15) is 0 Å². The van der Waals surface area contributed by atoms with Crippen molar-refractivity contribution in [3.05, 3.63) is 58.8 Å². The van der Waals surface area contributed by atoms with Crippen LogP contribution in [0.5, 0.6) is 0 Å². The Morgan fingerprint density at radius 1 is 1.16 bits per heavy atom. The number of rotatable bonds is 1. The number of aryl methyl sites for hydroxylation is 2. The molecular formula is C16H14N2O. The molecule has 3 nitrogen and oxygen atoms in total. The lowest BCUT2D eigenvalue weighted by atomic mass is 9.95. The summed E-state index contributed by atoms with van der Waals surface area (Å²) in [6, 6.07) is 9.90. The van der Waals surface area contributed by atoms with Crippen LogP contribution in [0.3, 0.4) is 0 Å². The van der Waals surface area contributed by atoms with E-state index < -0.39 is 0 Å². The van der Waals surface area contributed by atoms with Crippen LogP contribution in [0, 0.1) is 13.8 Å². The first-order chi connectivity index (χ1) is 9.15. The molecule has 0 amide bonds. The molecule has 0 saturated carbocycles. The number of hydrogen-bond donors (Lipinski definition) is 0. The molecule has 94 valence electrons. The molecule has 0 saturated heterocycles. The number of benzene rings is 1. The van der Waals surface area contributed by atoms with E-state index in [9.17, 15) is 4.79 Å². The molecule has 0 N–H and O–H groups in total. The molecule has 19 heavy (non-hydrogen) atoms. The Hall–Kier alpha value is -2.29. The van der Waals surface area contributed by atoms with Gasteiger partial charge in [0.05, 0.1) is 17.7 Å². The molecular weight excluding hydrogens is 236 g/mol. The molecule has 0 aliphatic carbocycles. The maximum Gasteiger partial charge on any atom is 0.172 e. The highest BCUT2D eigenvalue weighted by Gasteiger charge is 2.23. The summed E-state index contributed by atoms with van der Waals surface area (Å²) in [6.07, 6.45) is 2.05. The molecule has 1 aromatic heterocycles. The van der Waals surface area contributed by atoms with Crippen LogP contribution in [0.2, 0.25) is 0 Å². The van der Waals surface area contributed by atoms with E-state index in [1.54, 1.807) is 6.20 Å². The van der Waals surface area contributed by atoms with Gasteiger partial charge in [0.25, 0.3) is 0 Å². The van der Waals surface area contributed by atoms with E-state index in [2.05, 4.69) is 9.98 Å². The lowest BCUT2D eigenvalue weighted by Crippen LogP contribution is -2.16. The molecule has 0 unspecified atom stereocenters. The first-order valence-corrected chi connectivity index (χ1v) is 6.28. The first-order valence-electron chi connectivity index (χ1n) is 6.28. The van der Waals surface area contributed by atoms with Crippen LogP contribution in [-0.2, 0) is 0 Å². The third kappa shape index (κ3) is 2.08. The zero-order valence-corrected chi connectivity index (χ0v) is 11.0. The third-order valence-corrected chi connectivity index (χ3v) is 3.34. The van der Waals surface area contributed by atoms with Crippen molar-refractivity contribution in [2.75, 3.05) is 0 Å². The summed E-state index contributed by atoms with van der Waals surface area (Å²) in [5, 5.41) is 0. The van der Waals surface area contributed by atoms with Crippen LogP contribution in [0.1, 0.15) is 33.5 Å². The summed E-state index contributed by atoms with van der Waals surface area (Å²) >= 11 is 0. The van der Waals surface area contributed by atoms with Gasteiger partial charge in [0.15, 0.2) is 11.6 Å². The van der Waals surface area contributed by atoms with Crippen molar-refractivity contribution in [3.8, 4) is 0 Å². The third-order valence-electron chi connectivity index (χ3n) is 3.34. The van der Waals surface area contributed by atoms with Gasteiger partial charge >= 0.3 is 0 Å². The number of hydrogen-bond acceptors (Lipinski definition) is 3. The van der Waals surface area contributed by atoms with Crippen molar-refractivity contribution in [2.24, 2.45) is 4.99 Å². The standard InChI is InChI=1S/C16H14N2O/c1-10-4-3-5-12(8-10)13-9-14(19)15-11(2)6-7-17-16(15)18-13/h3-8H,9H2,1-2H3. The largest absolute Gasteiger partial charge is 0.294 e. The molecule has 2 aromatic rings. The number of pyridine rings is 1. The fourth-order valence-corrected chi connectivity index (χ4v) is 2.37. The minimum absolute atomic E-state index is 0.104. The van der Waals surface area contributed by atoms with Crippen molar-refractivity contribution in [3.63, 3.8) is 0 Å². The van der Waals surface area contributed by atoms with E-state index in [1.165, 1.54) is 0 Å². The van der Waals surface area contributed by atoms with E-state index in [-0.39, 0.29) is 5.78 Å². The van der Waals surface area contributed by atoms with E-state index in [4.69, 9.17) is 0 Å². The van der Waals surface area contributed by atoms with Crippen LogP contribution < -0.4 is 0 Å². The fraction of sp³-hybridized carbons (Fsp3) is 0.188. The fourth-order valence-electron chi connectivity index (χ4n) is 2.37. The predicted molar refractivity (Wildman–Crippen MR) is 75.3 cm³/mol. The van der Waals surface area contributed by atoms with Gasteiger partial charge in [0.2, 0.25) is 0 Å². The van der Waals surface area contributed by atoms with E-state index >= 15 is 0 Å². The molecule has 3 rings (SSSR count). The Labute approximate surface area is 112 Å². The molecule has 0 spiro atoms. The van der Waals surface area contributed by atoms with Crippen molar-refractivity contribution in [1.29, 1.82) is 0 Å². The van der Waals surface area contributed by atoms with Gasteiger partial charge in [0.1, 0.15) is 0 Å². The number of fused-ring (bicyclic) bond motifs is 1. The summed E-state index contributed by atoms with van der Waals surface area (Å²) in [4.78, 5) is 21.0. The molecule has 1 aromatic carbocycles. The molecule has 0 fully saturated rings. The smallest absolute Gasteiger partial charge is 0.172 e. The zero-order valence-electron chi connectivity index (χ0n) is 11.0. The highest BCUT2D eigenvalue weighted by molar-refractivity contribution is 6.20. The van der Waals surface area contributed by atoms with Gasteiger partial charge in [-0.05, 0) is 31.0 Å². The number of carbonyl (C=O) groups is 1. The van der Waals surface area contributed by atoms with Crippen molar-refractivity contribution >= 4 is 17.3 Å². The number of carbonyl (C=O) groups excluding carboxylic acids is 1. The Balaban J connectivity index is 2.14. The molecule has 3 heteroatoms. The quantitative estimate of drug-likeness (QED) is 0.778. The van der Waals surface area contributed by atoms with Gasteiger partial charge in [-0.15, -0.1) is 0 Å². The summed E-state index contributed by atoms with van der Waals surface area (Å²) in [7, 11) is 0. The van der Waals surface area contributed by atoms with E-state index in [0.29, 0.717) is 17.8 Å². The Kier molecular flexibility index (Phi) is 2.75. The number of aromatic nitrogens is 1. The molecule has 0 atom stereocenters. The lowest BCUT2D eigenvalue weighted by molar-refractivity contribution is 0.0999. The van der Waals surface area contributed by atoms with Crippen LogP contribution in [0.25, 0.3) is 0 Å². The summed E-state index contributed by atoms with van der Waals surface area (Å²) in [5.74, 6) is 0.653. The van der Waals surface area contributed by atoms with Gasteiger partial charge in [-0.3, -0.25) is 4.79 Å². The zero-order chi connectivity index (χ0) is 13.4. The molecule has 0 bridgehead atoms. The number of ketones is 1. The van der Waals surface area contributed by atoms with Gasteiger partial charge in [0, 0.05) is 6.20 Å².